The summed E-state index contributed by atoms with van der Waals surface area (Å²) in [5.74, 6) is 0.859. The second-order valence-corrected chi connectivity index (χ2v) is 4.34. The van der Waals surface area contributed by atoms with Crippen molar-refractivity contribution in [2.75, 3.05) is 0 Å². The third-order valence-electron chi connectivity index (χ3n) is 2.53. The van der Waals surface area contributed by atoms with Gasteiger partial charge in [0.05, 0.1) is 16.6 Å². The number of hydrogen-bond donors (Lipinski definition) is 1. The van der Waals surface area contributed by atoms with E-state index >= 15 is 0 Å². The molecular formula is C11H14ClN3. The molecule has 0 amide bonds. The number of nitrogens with zero attached hydrogens (tertiary/aromatic N) is 2. The summed E-state index contributed by atoms with van der Waals surface area (Å²) >= 11 is 6.14. The van der Waals surface area contributed by atoms with E-state index in [9.17, 15) is 0 Å². The van der Waals surface area contributed by atoms with Crippen LogP contribution in [0.4, 0.5) is 0 Å². The maximum atomic E-state index is 6.14. The Hall–Kier alpha value is -1.06. The van der Waals surface area contributed by atoms with Crippen molar-refractivity contribution < 1.29 is 0 Å². The molecule has 0 aliphatic heterocycles. The zero-order chi connectivity index (χ0) is 11.2. The standard InChI is InChI=1S/C11H14ClN3/c1-6-4-8(12)10-9(5-6)15(3)11(14-10)7(2)13/h4-5,7H,13H2,1-3H3. The Bertz CT molecular complexity index is 514. The second kappa shape index (κ2) is 3.51. The fourth-order valence-corrected chi connectivity index (χ4v) is 2.11. The lowest BCUT2D eigenvalue weighted by Crippen LogP contribution is -2.11. The van der Waals surface area contributed by atoms with Gasteiger partial charge in [-0.25, -0.2) is 4.98 Å². The van der Waals surface area contributed by atoms with Crippen LogP contribution in [0.25, 0.3) is 11.0 Å². The molecule has 3 nitrogen and oxygen atoms in total. The van der Waals surface area contributed by atoms with Crippen LogP contribution in [-0.4, -0.2) is 9.55 Å². The third-order valence-corrected chi connectivity index (χ3v) is 2.81. The van der Waals surface area contributed by atoms with Crippen molar-refractivity contribution in [2.45, 2.75) is 19.9 Å². The minimum Gasteiger partial charge on any atom is -0.330 e. The Morgan fingerprint density at radius 2 is 2.13 bits per heavy atom. The molecular weight excluding hydrogens is 210 g/mol. The van der Waals surface area contributed by atoms with Gasteiger partial charge in [0.1, 0.15) is 11.3 Å². The highest BCUT2D eigenvalue weighted by atomic mass is 35.5. The van der Waals surface area contributed by atoms with Crippen molar-refractivity contribution in [1.29, 1.82) is 0 Å². The molecule has 0 radical (unpaired) electrons. The SMILES string of the molecule is Cc1cc(Cl)c2nc(C(C)N)n(C)c2c1. The lowest BCUT2D eigenvalue weighted by Gasteiger charge is -2.04. The van der Waals surface area contributed by atoms with Crippen LogP contribution in [0.5, 0.6) is 0 Å². The molecule has 2 rings (SSSR count). The van der Waals surface area contributed by atoms with Crippen molar-refractivity contribution >= 4 is 22.6 Å². The minimum absolute atomic E-state index is 0.0845. The fraction of sp³-hybridized carbons (Fsp3) is 0.364. The maximum absolute atomic E-state index is 6.14. The molecule has 0 spiro atoms. The third kappa shape index (κ3) is 1.62. The number of fused-ring (bicyclic) bond motifs is 1. The highest BCUT2D eigenvalue weighted by molar-refractivity contribution is 6.35. The molecule has 0 saturated carbocycles. The Kier molecular flexibility index (Phi) is 2.44. The maximum Gasteiger partial charge on any atom is 0.126 e. The van der Waals surface area contributed by atoms with E-state index in [2.05, 4.69) is 11.1 Å². The number of nitrogens with two attached hydrogens (primary N) is 1. The summed E-state index contributed by atoms with van der Waals surface area (Å²) in [6, 6.07) is 3.90. The number of benzene rings is 1. The van der Waals surface area contributed by atoms with Gasteiger partial charge in [0.2, 0.25) is 0 Å². The van der Waals surface area contributed by atoms with Gasteiger partial charge < -0.3 is 10.3 Å². The molecule has 80 valence electrons. The first-order chi connectivity index (χ1) is 7.00. The Labute approximate surface area is 93.9 Å². The molecule has 1 heterocycles. The van der Waals surface area contributed by atoms with Gasteiger partial charge >= 0.3 is 0 Å². The molecule has 0 aliphatic carbocycles. The summed E-state index contributed by atoms with van der Waals surface area (Å²) < 4.78 is 2.00. The smallest absolute Gasteiger partial charge is 0.126 e. The first kappa shape index (κ1) is 10.5. The van der Waals surface area contributed by atoms with E-state index < -0.39 is 0 Å². The van der Waals surface area contributed by atoms with Gasteiger partial charge in [-0.1, -0.05) is 11.6 Å². The first-order valence-corrected chi connectivity index (χ1v) is 5.26. The van der Waals surface area contributed by atoms with Gasteiger partial charge in [-0.05, 0) is 31.5 Å². The molecule has 0 bridgehead atoms. The van der Waals surface area contributed by atoms with E-state index in [0.29, 0.717) is 5.02 Å². The van der Waals surface area contributed by atoms with Crippen molar-refractivity contribution in [3.63, 3.8) is 0 Å². The second-order valence-electron chi connectivity index (χ2n) is 3.93. The largest absolute Gasteiger partial charge is 0.330 e. The van der Waals surface area contributed by atoms with Gasteiger partial charge in [0.25, 0.3) is 0 Å². The van der Waals surface area contributed by atoms with Crippen LogP contribution in [0.2, 0.25) is 5.02 Å². The molecule has 2 N–H and O–H groups in total. The van der Waals surface area contributed by atoms with Crippen LogP contribution >= 0.6 is 11.6 Å². The first-order valence-electron chi connectivity index (χ1n) is 4.88. The van der Waals surface area contributed by atoms with Crippen LogP contribution in [0, 0.1) is 6.92 Å². The molecule has 1 atom stereocenters. The predicted molar refractivity (Wildman–Crippen MR) is 63.1 cm³/mol. The lowest BCUT2D eigenvalue weighted by molar-refractivity contribution is 0.696. The molecule has 1 aromatic heterocycles. The summed E-state index contributed by atoms with van der Waals surface area (Å²) in [5, 5.41) is 0.688. The molecule has 4 heteroatoms. The zero-order valence-electron chi connectivity index (χ0n) is 9.08. The summed E-state index contributed by atoms with van der Waals surface area (Å²) in [5.41, 5.74) is 8.84. The van der Waals surface area contributed by atoms with Gasteiger partial charge in [-0.2, -0.15) is 0 Å². The number of halogens is 1. The van der Waals surface area contributed by atoms with E-state index in [4.69, 9.17) is 17.3 Å². The zero-order valence-corrected chi connectivity index (χ0v) is 9.84. The van der Waals surface area contributed by atoms with Gasteiger partial charge in [-0.15, -0.1) is 0 Å². The van der Waals surface area contributed by atoms with Crippen LogP contribution in [-0.2, 0) is 7.05 Å². The molecule has 2 aromatic rings. The average Bonchev–Trinajstić information content (AvgIpc) is 2.44. The summed E-state index contributed by atoms with van der Waals surface area (Å²) in [6.45, 7) is 3.94. The minimum atomic E-state index is -0.0845. The highest BCUT2D eigenvalue weighted by Gasteiger charge is 2.13. The van der Waals surface area contributed by atoms with Crippen molar-refractivity contribution in [2.24, 2.45) is 12.8 Å². The van der Waals surface area contributed by atoms with E-state index in [0.717, 1.165) is 22.4 Å². The average molecular weight is 224 g/mol. The fourth-order valence-electron chi connectivity index (χ4n) is 1.80. The summed E-state index contributed by atoms with van der Waals surface area (Å²) in [6.07, 6.45) is 0. The molecule has 0 saturated heterocycles. The van der Waals surface area contributed by atoms with Crippen molar-refractivity contribution in [3.8, 4) is 0 Å². The van der Waals surface area contributed by atoms with Crippen LogP contribution < -0.4 is 5.73 Å². The van der Waals surface area contributed by atoms with Crippen molar-refractivity contribution in [1.82, 2.24) is 9.55 Å². The highest BCUT2D eigenvalue weighted by Crippen LogP contribution is 2.26. The topological polar surface area (TPSA) is 43.8 Å². The number of imidazole rings is 1. The van der Waals surface area contributed by atoms with Crippen LogP contribution in [0.1, 0.15) is 24.4 Å². The van der Waals surface area contributed by atoms with E-state index in [1.165, 1.54) is 0 Å². The van der Waals surface area contributed by atoms with Crippen LogP contribution in [0.3, 0.4) is 0 Å². The quantitative estimate of drug-likeness (QED) is 0.808. The number of rotatable bonds is 1. The molecule has 0 fully saturated rings. The number of aryl methyl sites for hydroxylation is 2. The Morgan fingerprint density at radius 3 is 2.73 bits per heavy atom. The molecule has 15 heavy (non-hydrogen) atoms. The monoisotopic (exact) mass is 223 g/mol. The van der Waals surface area contributed by atoms with E-state index in [-0.39, 0.29) is 6.04 Å². The Balaban J connectivity index is 2.82. The van der Waals surface area contributed by atoms with Gasteiger partial charge in [-0.3, -0.25) is 0 Å². The molecule has 1 aromatic carbocycles. The van der Waals surface area contributed by atoms with Crippen LogP contribution in [0.15, 0.2) is 12.1 Å². The number of hydrogen-bond acceptors (Lipinski definition) is 2. The van der Waals surface area contributed by atoms with Gasteiger partial charge in [0.15, 0.2) is 0 Å². The molecule has 0 aliphatic rings. The predicted octanol–water partition coefficient (Wildman–Crippen LogP) is 2.55. The molecule has 1 unspecified atom stereocenters. The van der Waals surface area contributed by atoms with Crippen molar-refractivity contribution in [3.05, 3.63) is 28.5 Å². The summed E-state index contributed by atoms with van der Waals surface area (Å²) in [7, 11) is 1.96. The van der Waals surface area contributed by atoms with E-state index in [1.54, 1.807) is 0 Å². The normalized spacial score (nSPS) is 13.4. The van der Waals surface area contributed by atoms with E-state index in [1.807, 2.05) is 31.5 Å². The van der Waals surface area contributed by atoms with Gasteiger partial charge in [0, 0.05) is 7.05 Å². The Morgan fingerprint density at radius 1 is 1.47 bits per heavy atom. The summed E-state index contributed by atoms with van der Waals surface area (Å²) in [4.78, 5) is 4.46. The lowest BCUT2D eigenvalue weighted by atomic mass is 10.2. The number of aromatic nitrogens is 2.